The number of hydrogen-bond acceptors (Lipinski definition) is 3. The molecule has 1 heterocycles. The van der Waals surface area contributed by atoms with Crippen LogP contribution in [0.15, 0.2) is 28.7 Å². The van der Waals surface area contributed by atoms with Crippen LogP contribution in [-0.2, 0) is 13.1 Å². The van der Waals surface area contributed by atoms with Gasteiger partial charge in [0.2, 0.25) is 0 Å². The van der Waals surface area contributed by atoms with E-state index in [-0.39, 0.29) is 0 Å². The second-order valence-corrected chi connectivity index (χ2v) is 5.87. The van der Waals surface area contributed by atoms with Crippen LogP contribution in [0.3, 0.4) is 0 Å². The van der Waals surface area contributed by atoms with Gasteiger partial charge in [0, 0.05) is 24.0 Å². The van der Waals surface area contributed by atoms with Crippen molar-refractivity contribution in [3.8, 4) is 0 Å². The zero-order valence-electron chi connectivity index (χ0n) is 13.8. The lowest BCUT2D eigenvalue weighted by Gasteiger charge is -2.23. The minimum atomic E-state index is 0.724. The van der Waals surface area contributed by atoms with Gasteiger partial charge in [-0.25, -0.2) is 0 Å². The van der Waals surface area contributed by atoms with Crippen molar-refractivity contribution in [2.45, 2.75) is 40.3 Å². The van der Waals surface area contributed by atoms with Crippen LogP contribution < -0.4 is 5.32 Å². The van der Waals surface area contributed by atoms with Gasteiger partial charge in [-0.15, -0.1) is 0 Å². The summed E-state index contributed by atoms with van der Waals surface area (Å²) in [6, 6.07) is 8.33. The number of hydrogen-bond donors (Lipinski definition) is 1. The fraction of sp³-hybridized carbons (Fsp3) is 0.556. The third-order valence-corrected chi connectivity index (χ3v) is 4.22. The van der Waals surface area contributed by atoms with E-state index in [9.17, 15) is 0 Å². The highest BCUT2D eigenvalue weighted by molar-refractivity contribution is 5.82. The molecule has 0 saturated heterocycles. The molecule has 0 aliphatic rings. The summed E-state index contributed by atoms with van der Waals surface area (Å²) in [4.78, 5) is 2.48. The molecule has 3 nitrogen and oxygen atoms in total. The van der Waals surface area contributed by atoms with Gasteiger partial charge in [0.05, 0.1) is 6.54 Å². The van der Waals surface area contributed by atoms with E-state index in [1.807, 2.05) is 13.1 Å². The summed E-state index contributed by atoms with van der Waals surface area (Å²) < 4.78 is 6.12. The van der Waals surface area contributed by atoms with Crippen molar-refractivity contribution in [2.75, 3.05) is 20.1 Å². The normalized spacial score (nSPS) is 13.2. The van der Waals surface area contributed by atoms with Gasteiger partial charge < -0.3 is 9.73 Å². The van der Waals surface area contributed by atoms with E-state index in [0.29, 0.717) is 0 Å². The highest BCUT2D eigenvalue weighted by Crippen LogP contribution is 2.27. The summed E-state index contributed by atoms with van der Waals surface area (Å²) in [6.07, 6.45) is 1.22. The number of fused-ring (bicyclic) bond motifs is 1. The highest BCUT2D eigenvalue weighted by atomic mass is 16.3. The topological polar surface area (TPSA) is 28.4 Å². The first kappa shape index (κ1) is 16.1. The Hall–Kier alpha value is -1.32. The lowest BCUT2D eigenvalue weighted by Crippen LogP contribution is -2.28. The Balaban J connectivity index is 2.25. The zero-order chi connectivity index (χ0) is 15.2. The second kappa shape index (κ2) is 7.62. The summed E-state index contributed by atoms with van der Waals surface area (Å²) in [5.74, 6) is 1.83. The lowest BCUT2D eigenvalue weighted by atomic mass is 10.1. The molecule has 1 N–H and O–H groups in total. The first-order valence-corrected chi connectivity index (χ1v) is 8.05. The Bertz CT molecular complexity index is 561. The van der Waals surface area contributed by atoms with E-state index < -0.39 is 0 Å². The van der Waals surface area contributed by atoms with Crippen LogP contribution in [0.2, 0.25) is 0 Å². The molecule has 0 radical (unpaired) electrons. The highest BCUT2D eigenvalue weighted by Gasteiger charge is 2.16. The molecular weight excluding hydrogens is 260 g/mol. The number of para-hydroxylation sites is 1. The standard InChI is InChI=1S/C18H28N2O/c1-5-14(3)12-20(6-2)13-18-16(11-19-4)15-9-7-8-10-17(15)21-18/h7-10,14,19H,5-6,11-13H2,1-4H3. The predicted molar refractivity (Wildman–Crippen MR) is 89.4 cm³/mol. The molecule has 2 aromatic rings. The quantitative estimate of drug-likeness (QED) is 0.795. The third kappa shape index (κ3) is 3.86. The molecule has 0 aliphatic heterocycles. The van der Waals surface area contributed by atoms with Crippen molar-refractivity contribution in [2.24, 2.45) is 5.92 Å². The first-order chi connectivity index (χ1) is 10.2. The van der Waals surface area contributed by atoms with Crippen LogP contribution >= 0.6 is 0 Å². The molecule has 21 heavy (non-hydrogen) atoms. The van der Waals surface area contributed by atoms with Crippen molar-refractivity contribution >= 4 is 11.0 Å². The summed E-state index contributed by atoms with van der Waals surface area (Å²) >= 11 is 0. The van der Waals surface area contributed by atoms with Gasteiger partial charge in [-0.3, -0.25) is 4.90 Å². The smallest absolute Gasteiger partial charge is 0.134 e. The van der Waals surface area contributed by atoms with E-state index in [1.165, 1.54) is 17.4 Å². The number of nitrogens with one attached hydrogen (secondary N) is 1. The fourth-order valence-electron chi connectivity index (χ4n) is 2.73. The number of nitrogens with zero attached hydrogens (tertiary/aromatic N) is 1. The maximum atomic E-state index is 6.12. The molecule has 1 aromatic carbocycles. The Morgan fingerprint density at radius 3 is 2.67 bits per heavy atom. The average Bonchev–Trinajstić information content (AvgIpc) is 2.84. The summed E-state index contributed by atoms with van der Waals surface area (Å²) in [5, 5.41) is 4.50. The van der Waals surface area contributed by atoms with Gasteiger partial charge in [0.15, 0.2) is 0 Å². The molecular formula is C18H28N2O. The minimum Gasteiger partial charge on any atom is -0.459 e. The molecule has 0 bridgehead atoms. The van der Waals surface area contributed by atoms with Crippen molar-refractivity contribution in [3.05, 3.63) is 35.6 Å². The Labute approximate surface area is 128 Å². The Morgan fingerprint density at radius 2 is 2.00 bits per heavy atom. The lowest BCUT2D eigenvalue weighted by molar-refractivity contribution is 0.221. The molecule has 1 aromatic heterocycles. The van der Waals surface area contributed by atoms with Crippen molar-refractivity contribution in [1.82, 2.24) is 10.2 Å². The first-order valence-electron chi connectivity index (χ1n) is 8.05. The van der Waals surface area contributed by atoms with Gasteiger partial charge in [-0.2, -0.15) is 0 Å². The van der Waals surface area contributed by atoms with Crippen LogP contribution in [0.4, 0.5) is 0 Å². The largest absolute Gasteiger partial charge is 0.459 e. The summed E-state index contributed by atoms with van der Waals surface area (Å²) in [7, 11) is 1.99. The van der Waals surface area contributed by atoms with Gasteiger partial charge in [-0.1, -0.05) is 45.4 Å². The minimum absolute atomic E-state index is 0.724. The Morgan fingerprint density at radius 1 is 1.24 bits per heavy atom. The molecule has 0 spiro atoms. The zero-order valence-corrected chi connectivity index (χ0v) is 13.8. The van der Waals surface area contributed by atoms with E-state index in [4.69, 9.17) is 4.42 Å². The van der Waals surface area contributed by atoms with Gasteiger partial charge in [0.25, 0.3) is 0 Å². The third-order valence-electron chi connectivity index (χ3n) is 4.22. The maximum Gasteiger partial charge on any atom is 0.134 e. The molecule has 1 atom stereocenters. The molecule has 0 saturated carbocycles. The van der Waals surface area contributed by atoms with Gasteiger partial charge >= 0.3 is 0 Å². The van der Waals surface area contributed by atoms with Crippen molar-refractivity contribution in [1.29, 1.82) is 0 Å². The number of benzene rings is 1. The molecule has 0 fully saturated rings. The van der Waals surface area contributed by atoms with E-state index in [1.54, 1.807) is 0 Å². The Kier molecular flexibility index (Phi) is 5.83. The van der Waals surface area contributed by atoms with Crippen LogP contribution in [0.1, 0.15) is 38.5 Å². The number of rotatable bonds is 8. The summed E-state index contributed by atoms with van der Waals surface area (Å²) in [5.41, 5.74) is 2.30. The van der Waals surface area contributed by atoms with Gasteiger partial charge in [0.1, 0.15) is 11.3 Å². The second-order valence-electron chi connectivity index (χ2n) is 5.87. The molecule has 2 rings (SSSR count). The van der Waals surface area contributed by atoms with Crippen LogP contribution in [0.5, 0.6) is 0 Å². The fourth-order valence-corrected chi connectivity index (χ4v) is 2.73. The van der Waals surface area contributed by atoms with Crippen molar-refractivity contribution < 1.29 is 4.42 Å². The molecule has 0 amide bonds. The van der Waals surface area contributed by atoms with Crippen LogP contribution in [0.25, 0.3) is 11.0 Å². The van der Waals surface area contributed by atoms with E-state index >= 15 is 0 Å². The molecule has 0 aliphatic carbocycles. The van der Waals surface area contributed by atoms with E-state index in [0.717, 1.165) is 43.4 Å². The predicted octanol–water partition coefficient (Wildman–Crippen LogP) is 4.02. The monoisotopic (exact) mass is 288 g/mol. The maximum absolute atomic E-state index is 6.12. The average molecular weight is 288 g/mol. The van der Waals surface area contributed by atoms with E-state index in [2.05, 4.69) is 49.2 Å². The van der Waals surface area contributed by atoms with Crippen molar-refractivity contribution in [3.63, 3.8) is 0 Å². The number of furan rings is 1. The molecule has 1 unspecified atom stereocenters. The molecule has 3 heteroatoms. The van der Waals surface area contributed by atoms with Gasteiger partial charge in [-0.05, 0) is 25.6 Å². The van der Waals surface area contributed by atoms with Crippen LogP contribution in [0, 0.1) is 5.92 Å². The van der Waals surface area contributed by atoms with Crippen LogP contribution in [-0.4, -0.2) is 25.0 Å². The molecule has 116 valence electrons. The SMILES string of the molecule is CCC(C)CN(CC)Cc1oc2ccccc2c1CNC. The summed E-state index contributed by atoms with van der Waals surface area (Å²) in [6.45, 7) is 10.7.